The third kappa shape index (κ3) is 2.71. The van der Waals surface area contributed by atoms with Gasteiger partial charge in [0.05, 0.1) is 6.04 Å². The van der Waals surface area contributed by atoms with E-state index in [4.69, 9.17) is 5.84 Å². The molecule has 1 aromatic rings. The number of hydrazine groups is 1. The summed E-state index contributed by atoms with van der Waals surface area (Å²) in [5.74, 6) is 4.43. The Hall–Kier alpha value is -1.07. The first-order valence-corrected chi connectivity index (χ1v) is 4.13. The van der Waals surface area contributed by atoms with Crippen LogP contribution in [-0.4, -0.2) is 12.5 Å². The van der Waals surface area contributed by atoms with Crippen molar-refractivity contribution in [1.29, 1.82) is 0 Å². The van der Waals surface area contributed by atoms with Gasteiger partial charge < -0.3 is 0 Å². The molecule has 1 rings (SSSR count). The van der Waals surface area contributed by atoms with Crippen LogP contribution in [0.15, 0.2) is 24.3 Å². The zero-order chi connectivity index (χ0) is 10.6. The summed E-state index contributed by atoms with van der Waals surface area (Å²) in [4.78, 5) is 0. The fourth-order valence-electron chi connectivity index (χ4n) is 1.12. The molecular weight excluding hydrogens is 193 g/mol. The van der Waals surface area contributed by atoms with Crippen molar-refractivity contribution in [1.82, 2.24) is 5.43 Å². The molecule has 0 fully saturated rings. The Bertz CT molecular complexity index is 291. The highest BCUT2D eigenvalue weighted by Gasteiger charge is 2.20. The van der Waals surface area contributed by atoms with E-state index in [1.54, 1.807) is 6.07 Å². The molecule has 0 amide bonds. The Morgan fingerprint density at radius 1 is 1.29 bits per heavy atom. The van der Waals surface area contributed by atoms with Gasteiger partial charge >= 0.3 is 0 Å². The molecule has 3 N–H and O–H groups in total. The van der Waals surface area contributed by atoms with E-state index >= 15 is 0 Å². The maximum atomic E-state index is 13.0. The van der Waals surface area contributed by atoms with Crippen molar-refractivity contribution < 1.29 is 13.2 Å². The molecule has 1 aromatic carbocycles. The minimum atomic E-state index is -2.61. The lowest BCUT2D eigenvalue weighted by Gasteiger charge is -2.14. The summed E-state index contributed by atoms with van der Waals surface area (Å²) in [6, 6.07) is 4.58. The molecule has 0 saturated heterocycles. The van der Waals surface area contributed by atoms with E-state index < -0.39 is 18.3 Å². The van der Waals surface area contributed by atoms with Crippen LogP contribution in [0.25, 0.3) is 0 Å². The van der Waals surface area contributed by atoms with Crippen LogP contribution in [0, 0.1) is 5.82 Å². The Labute approximate surface area is 79.9 Å². The lowest BCUT2D eigenvalue weighted by atomic mass is 10.1. The topological polar surface area (TPSA) is 38.0 Å². The summed E-state index contributed by atoms with van der Waals surface area (Å²) in [7, 11) is 0. The average Bonchev–Trinajstić information content (AvgIpc) is 2.16. The van der Waals surface area contributed by atoms with Gasteiger partial charge in [0.25, 0.3) is 6.43 Å². The summed E-state index contributed by atoms with van der Waals surface area (Å²) in [5, 5.41) is 0. The summed E-state index contributed by atoms with van der Waals surface area (Å²) < 4.78 is 37.5. The number of alkyl halides is 2. The highest BCUT2D eigenvalue weighted by molar-refractivity contribution is 5.18. The lowest BCUT2D eigenvalue weighted by molar-refractivity contribution is 0.0980. The third-order valence-corrected chi connectivity index (χ3v) is 1.92. The van der Waals surface area contributed by atoms with Gasteiger partial charge in [-0.05, 0) is 18.1 Å². The second-order valence-electron chi connectivity index (χ2n) is 2.90. The van der Waals surface area contributed by atoms with Gasteiger partial charge in [-0.1, -0.05) is 18.2 Å². The first-order valence-electron chi connectivity index (χ1n) is 4.13. The molecule has 0 aliphatic carbocycles. The molecule has 0 radical (unpaired) electrons. The molecule has 2 nitrogen and oxygen atoms in total. The lowest BCUT2D eigenvalue weighted by Crippen LogP contribution is -2.42. The van der Waals surface area contributed by atoms with Crippen molar-refractivity contribution in [2.24, 2.45) is 5.84 Å². The van der Waals surface area contributed by atoms with Crippen molar-refractivity contribution in [3.8, 4) is 0 Å². The van der Waals surface area contributed by atoms with Crippen molar-refractivity contribution >= 4 is 0 Å². The molecule has 5 heteroatoms. The summed E-state index contributed by atoms with van der Waals surface area (Å²) in [5.41, 5.74) is 2.19. The molecule has 0 aliphatic rings. The van der Waals surface area contributed by atoms with E-state index in [1.807, 2.05) is 5.43 Å². The van der Waals surface area contributed by atoms with Gasteiger partial charge in [-0.2, -0.15) is 0 Å². The maximum Gasteiger partial charge on any atom is 0.255 e. The van der Waals surface area contributed by atoms with Gasteiger partial charge in [-0.15, -0.1) is 0 Å². The highest BCUT2D eigenvalue weighted by atomic mass is 19.3. The Morgan fingerprint density at radius 2 is 1.93 bits per heavy atom. The molecule has 0 aliphatic heterocycles. The van der Waals surface area contributed by atoms with Gasteiger partial charge in [0.1, 0.15) is 5.82 Å². The van der Waals surface area contributed by atoms with Gasteiger partial charge in [0.2, 0.25) is 0 Å². The zero-order valence-electron chi connectivity index (χ0n) is 7.38. The third-order valence-electron chi connectivity index (χ3n) is 1.92. The van der Waals surface area contributed by atoms with E-state index in [1.165, 1.54) is 18.2 Å². The molecule has 0 saturated carbocycles. The van der Waals surface area contributed by atoms with Crippen LogP contribution in [0.5, 0.6) is 0 Å². The fraction of sp³-hybridized carbons (Fsp3) is 0.333. The Morgan fingerprint density at radius 3 is 2.43 bits per heavy atom. The maximum absolute atomic E-state index is 13.0. The first kappa shape index (κ1) is 11.0. The Balaban J connectivity index is 2.72. The number of hydrogen-bond acceptors (Lipinski definition) is 2. The highest BCUT2D eigenvalue weighted by Crippen LogP contribution is 2.12. The molecule has 0 spiro atoms. The summed E-state index contributed by atoms with van der Waals surface area (Å²) in [6.45, 7) is 0. The van der Waals surface area contributed by atoms with Crippen molar-refractivity contribution in [3.05, 3.63) is 35.6 Å². The van der Waals surface area contributed by atoms with Crippen LogP contribution < -0.4 is 11.3 Å². The molecule has 14 heavy (non-hydrogen) atoms. The van der Waals surface area contributed by atoms with Crippen molar-refractivity contribution in [2.45, 2.75) is 18.9 Å². The van der Waals surface area contributed by atoms with Crippen LogP contribution in [0.2, 0.25) is 0 Å². The van der Waals surface area contributed by atoms with Gasteiger partial charge in [-0.3, -0.25) is 11.3 Å². The minimum Gasteiger partial charge on any atom is -0.271 e. The number of hydrogen-bond donors (Lipinski definition) is 2. The van der Waals surface area contributed by atoms with Crippen molar-refractivity contribution in [2.75, 3.05) is 0 Å². The second-order valence-corrected chi connectivity index (χ2v) is 2.90. The van der Waals surface area contributed by atoms with Crippen LogP contribution in [-0.2, 0) is 6.42 Å². The van der Waals surface area contributed by atoms with Crippen LogP contribution >= 0.6 is 0 Å². The quantitative estimate of drug-likeness (QED) is 0.575. The molecule has 1 atom stereocenters. The molecule has 78 valence electrons. The normalized spacial score (nSPS) is 13.2. The van der Waals surface area contributed by atoms with Crippen LogP contribution in [0.3, 0.4) is 0 Å². The first-order chi connectivity index (χ1) is 6.65. The van der Waals surface area contributed by atoms with Gasteiger partial charge in [0, 0.05) is 0 Å². The number of nitrogens with one attached hydrogen (secondary N) is 1. The average molecular weight is 204 g/mol. The van der Waals surface area contributed by atoms with Gasteiger partial charge in [0.15, 0.2) is 0 Å². The second kappa shape index (κ2) is 4.97. The van der Waals surface area contributed by atoms with Gasteiger partial charge in [-0.25, -0.2) is 13.2 Å². The molecular formula is C9H11F3N2. The molecule has 1 unspecified atom stereocenters. The van der Waals surface area contributed by atoms with Crippen LogP contribution in [0.4, 0.5) is 13.2 Å². The monoisotopic (exact) mass is 204 g/mol. The number of benzene rings is 1. The van der Waals surface area contributed by atoms with Crippen LogP contribution in [0.1, 0.15) is 5.56 Å². The van der Waals surface area contributed by atoms with Crippen molar-refractivity contribution in [3.63, 3.8) is 0 Å². The largest absolute Gasteiger partial charge is 0.271 e. The summed E-state index contributed by atoms with van der Waals surface area (Å²) in [6.07, 6.45) is -2.74. The predicted molar refractivity (Wildman–Crippen MR) is 47.2 cm³/mol. The van der Waals surface area contributed by atoms with E-state index in [2.05, 4.69) is 0 Å². The van der Waals surface area contributed by atoms with E-state index in [-0.39, 0.29) is 12.0 Å². The zero-order valence-corrected chi connectivity index (χ0v) is 7.38. The number of halogens is 3. The van der Waals surface area contributed by atoms with E-state index in [0.29, 0.717) is 0 Å². The molecule has 0 bridgehead atoms. The standard InChI is InChI=1S/C9H11F3N2/c10-7-4-2-1-3-6(7)5-8(14-13)9(11)12/h1-4,8-9,14H,5,13H2. The Kier molecular flexibility index (Phi) is 3.91. The smallest absolute Gasteiger partial charge is 0.255 e. The predicted octanol–water partition coefficient (Wildman–Crippen LogP) is 1.47. The van der Waals surface area contributed by atoms with E-state index in [9.17, 15) is 13.2 Å². The SMILES string of the molecule is NNC(Cc1ccccc1F)C(F)F. The number of nitrogens with two attached hydrogens (primary N) is 1. The molecule has 0 aromatic heterocycles. The summed E-state index contributed by atoms with van der Waals surface area (Å²) >= 11 is 0. The fourth-order valence-corrected chi connectivity index (χ4v) is 1.12. The minimum absolute atomic E-state index is 0.124. The number of rotatable bonds is 4. The van der Waals surface area contributed by atoms with E-state index in [0.717, 1.165) is 0 Å². The molecule has 0 heterocycles.